The van der Waals surface area contributed by atoms with E-state index in [-0.39, 0.29) is 6.61 Å². The highest BCUT2D eigenvalue weighted by atomic mass is 16.5. The summed E-state index contributed by atoms with van der Waals surface area (Å²) in [7, 11) is 0. The topological polar surface area (TPSA) is 63.3 Å². The van der Waals surface area contributed by atoms with Gasteiger partial charge in [-0.15, -0.1) is 0 Å². The second-order valence-electron chi connectivity index (χ2n) is 2.18. The highest BCUT2D eigenvalue weighted by Crippen LogP contribution is 1.88. The van der Waals surface area contributed by atoms with Gasteiger partial charge in [-0.05, 0) is 6.92 Å². The molecule has 0 spiro atoms. The first kappa shape index (κ1) is 11.4. The van der Waals surface area contributed by atoms with Crippen molar-refractivity contribution in [3.05, 3.63) is 24.3 Å². The second kappa shape index (κ2) is 7.09. The average molecular weight is 183 g/mol. The van der Waals surface area contributed by atoms with E-state index < -0.39 is 11.9 Å². The molecule has 0 amide bonds. The maximum atomic E-state index is 10.7. The molecule has 71 valence electrons. The molecule has 0 heterocycles. The zero-order valence-electron chi connectivity index (χ0n) is 7.36. The number of allylic oxidation sites excluding steroid dienone is 1. The summed E-state index contributed by atoms with van der Waals surface area (Å²) in [4.78, 5) is 20.6. The van der Waals surface area contributed by atoms with Crippen LogP contribution in [0.4, 0.5) is 0 Å². The number of carbonyl (C=O) groups is 2. The summed E-state index contributed by atoms with van der Waals surface area (Å²) in [6, 6.07) is 0. The van der Waals surface area contributed by atoms with Crippen LogP contribution in [0.25, 0.3) is 0 Å². The van der Waals surface area contributed by atoms with E-state index >= 15 is 0 Å². The first-order valence-corrected chi connectivity index (χ1v) is 3.83. The molecule has 0 N–H and O–H groups in total. The molecular weight excluding hydrogens is 172 g/mol. The quantitative estimate of drug-likeness (QED) is 0.363. The van der Waals surface area contributed by atoms with E-state index in [0.29, 0.717) is 6.42 Å². The highest BCUT2D eigenvalue weighted by molar-refractivity contribution is 5.81. The van der Waals surface area contributed by atoms with E-state index in [2.05, 4.69) is 4.74 Å². The van der Waals surface area contributed by atoms with Crippen molar-refractivity contribution >= 4 is 11.9 Å². The standard InChI is InChI=1S/C9H11O4/c1-2-5-9(12)13-7-4-3-6-8(10)11/h2-3,5-6H,4,7H2,1H3/b5-2?,6-3+. The van der Waals surface area contributed by atoms with Gasteiger partial charge in [-0.25, -0.2) is 14.7 Å². The summed E-state index contributed by atoms with van der Waals surface area (Å²) in [5.41, 5.74) is 0. The molecular formula is C9H11O4. The van der Waals surface area contributed by atoms with E-state index in [0.717, 1.165) is 6.08 Å². The lowest BCUT2D eigenvalue weighted by atomic mass is 10.4. The molecule has 0 aliphatic carbocycles. The fourth-order valence-corrected chi connectivity index (χ4v) is 0.591. The van der Waals surface area contributed by atoms with Crippen LogP contribution in [0.15, 0.2) is 24.3 Å². The third kappa shape index (κ3) is 8.33. The van der Waals surface area contributed by atoms with Crippen LogP contribution in [-0.4, -0.2) is 18.5 Å². The molecule has 0 aromatic carbocycles. The lowest BCUT2D eigenvalue weighted by Crippen LogP contribution is -2.01. The van der Waals surface area contributed by atoms with Gasteiger partial charge in [0.05, 0.1) is 6.61 Å². The maximum Gasteiger partial charge on any atom is 0.378 e. The Bertz CT molecular complexity index is 228. The number of carbonyl (C=O) groups excluding carboxylic acids is 2. The molecule has 0 unspecified atom stereocenters. The number of esters is 1. The zero-order valence-corrected chi connectivity index (χ0v) is 7.36. The normalized spacial score (nSPS) is 10.8. The summed E-state index contributed by atoms with van der Waals surface area (Å²) < 4.78 is 4.67. The fourth-order valence-electron chi connectivity index (χ4n) is 0.591. The van der Waals surface area contributed by atoms with Crippen LogP contribution >= 0.6 is 0 Å². The molecule has 0 aliphatic heterocycles. The van der Waals surface area contributed by atoms with Gasteiger partial charge in [-0.1, -0.05) is 12.2 Å². The Morgan fingerprint density at radius 3 is 2.54 bits per heavy atom. The number of hydrogen-bond acceptors (Lipinski definition) is 3. The van der Waals surface area contributed by atoms with Gasteiger partial charge < -0.3 is 4.74 Å². The van der Waals surface area contributed by atoms with Gasteiger partial charge in [-0.3, -0.25) is 0 Å². The fraction of sp³-hybridized carbons (Fsp3) is 0.333. The Hall–Kier alpha value is -1.58. The van der Waals surface area contributed by atoms with E-state index in [9.17, 15) is 14.7 Å². The minimum Gasteiger partial charge on any atom is -0.462 e. The van der Waals surface area contributed by atoms with Crippen molar-refractivity contribution in [2.75, 3.05) is 6.61 Å². The van der Waals surface area contributed by atoms with Crippen molar-refractivity contribution < 1.29 is 19.4 Å². The van der Waals surface area contributed by atoms with Crippen LogP contribution in [0.2, 0.25) is 0 Å². The Balaban J connectivity index is 3.46. The minimum absolute atomic E-state index is 0.174. The molecule has 0 aliphatic rings. The zero-order chi connectivity index (χ0) is 10.1. The molecule has 0 saturated heterocycles. The lowest BCUT2D eigenvalue weighted by molar-refractivity contribution is -0.138. The third-order valence-electron chi connectivity index (χ3n) is 1.09. The largest absolute Gasteiger partial charge is 0.462 e. The number of rotatable bonds is 5. The van der Waals surface area contributed by atoms with Crippen molar-refractivity contribution in [3.63, 3.8) is 0 Å². The van der Waals surface area contributed by atoms with Crippen molar-refractivity contribution in [1.29, 1.82) is 0 Å². The highest BCUT2D eigenvalue weighted by Gasteiger charge is 1.93. The molecule has 4 nitrogen and oxygen atoms in total. The number of hydrogen-bond donors (Lipinski definition) is 0. The summed E-state index contributed by atoms with van der Waals surface area (Å²) in [5, 5.41) is 9.88. The van der Waals surface area contributed by atoms with Gasteiger partial charge in [0.2, 0.25) is 0 Å². The van der Waals surface area contributed by atoms with E-state index in [1.807, 2.05) is 0 Å². The summed E-state index contributed by atoms with van der Waals surface area (Å²) in [5.74, 6) is -1.68. The second-order valence-corrected chi connectivity index (χ2v) is 2.18. The van der Waals surface area contributed by atoms with Crippen LogP contribution in [0.3, 0.4) is 0 Å². The van der Waals surface area contributed by atoms with Gasteiger partial charge in [0, 0.05) is 18.6 Å². The van der Waals surface area contributed by atoms with E-state index in [4.69, 9.17) is 0 Å². The van der Waals surface area contributed by atoms with Crippen molar-refractivity contribution in [2.45, 2.75) is 13.3 Å². The minimum atomic E-state index is -1.25. The molecule has 4 heteroatoms. The average Bonchev–Trinajstić information content (AvgIpc) is 2.03. The summed E-state index contributed by atoms with van der Waals surface area (Å²) >= 11 is 0. The van der Waals surface area contributed by atoms with Crippen molar-refractivity contribution in [2.24, 2.45) is 0 Å². The van der Waals surface area contributed by atoms with E-state index in [1.165, 1.54) is 12.2 Å². The first-order valence-electron chi connectivity index (χ1n) is 3.83. The Labute approximate surface area is 76.5 Å². The molecule has 13 heavy (non-hydrogen) atoms. The molecule has 0 fully saturated rings. The van der Waals surface area contributed by atoms with Crippen LogP contribution < -0.4 is 0 Å². The van der Waals surface area contributed by atoms with Crippen LogP contribution in [-0.2, 0) is 19.4 Å². The van der Waals surface area contributed by atoms with Gasteiger partial charge in [0.25, 0.3) is 0 Å². The molecule has 0 aromatic rings. The lowest BCUT2D eigenvalue weighted by Gasteiger charge is -1.96. The molecule has 0 bridgehead atoms. The summed E-state index contributed by atoms with van der Waals surface area (Å²) in [6.45, 7) is 1.88. The molecule has 1 radical (unpaired) electrons. The van der Waals surface area contributed by atoms with Crippen LogP contribution in [0.1, 0.15) is 13.3 Å². The third-order valence-corrected chi connectivity index (χ3v) is 1.09. The maximum absolute atomic E-state index is 10.7. The van der Waals surface area contributed by atoms with Crippen LogP contribution in [0, 0.1) is 0 Å². The summed E-state index contributed by atoms with van der Waals surface area (Å²) in [6.07, 6.45) is 5.51. The Morgan fingerprint density at radius 2 is 2.00 bits per heavy atom. The Kier molecular flexibility index (Phi) is 6.23. The Morgan fingerprint density at radius 1 is 1.31 bits per heavy atom. The van der Waals surface area contributed by atoms with Gasteiger partial charge >= 0.3 is 11.9 Å². The number of ether oxygens (including phenoxy) is 1. The first-order chi connectivity index (χ1) is 6.16. The smallest absolute Gasteiger partial charge is 0.378 e. The monoisotopic (exact) mass is 183 g/mol. The van der Waals surface area contributed by atoms with Gasteiger partial charge in [-0.2, -0.15) is 0 Å². The molecule has 0 saturated carbocycles. The van der Waals surface area contributed by atoms with Crippen LogP contribution in [0.5, 0.6) is 0 Å². The predicted molar refractivity (Wildman–Crippen MR) is 45.2 cm³/mol. The predicted octanol–water partition coefficient (Wildman–Crippen LogP) is 1.01. The van der Waals surface area contributed by atoms with Crippen molar-refractivity contribution in [3.8, 4) is 0 Å². The van der Waals surface area contributed by atoms with Crippen molar-refractivity contribution in [1.82, 2.24) is 0 Å². The van der Waals surface area contributed by atoms with Gasteiger partial charge in [0.15, 0.2) is 0 Å². The molecule has 0 rings (SSSR count). The SMILES string of the molecule is CC=CC(=O)OCC/C=C/C([O])=O. The van der Waals surface area contributed by atoms with Gasteiger partial charge in [0.1, 0.15) is 0 Å². The molecule has 0 atom stereocenters. The van der Waals surface area contributed by atoms with E-state index in [1.54, 1.807) is 13.0 Å². The molecule has 0 aromatic heterocycles.